The highest BCUT2D eigenvalue weighted by atomic mass is 35.5. The van der Waals surface area contributed by atoms with Crippen molar-refractivity contribution in [3.8, 4) is 5.69 Å². The number of thioether (sulfide) groups is 1. The van der Waals surface area contributed by atoms with Crippen molar-refractivity contribution < 1.29 is 0 Å². The SMILES string of the molecule is Nc1cccc(Cl)c1SCc1nnnn1-c1ccccc1. The Morgan fingerprint density at radius 2 is 1.90 bits per heavy atom. The quantitative estimate of drug-likeness (QED) is 0.591. The molecule has 0 atom stereocenters. The van der Waals surface area contributed by atoms with Crippen LogP contribution in [0.5, 0.6) is 0 Å². The largest absolute Gasteiger partial charge is 0.398 e. The van der Waals surface area contributed by atoms with Crippen molar-refractivity contribution in [3.05, 3.63) is 59.4 Å². The first kappa shape index (κ1) is 13.9. The Kier molecular flexibility index (Phi) is 4.08. The molecule has 21 heavy (non-hydrogen) atoms. The molecule has 3 rings (SSSR count). The van der Waals surface area contributed by atoms with Crippen molar-refractivity contribution in [2.45, 2.75) is 10.6 Å². The van der Waals surface area contributed by atoms with Crippen molar-refractivity contribution in [2.24, 2.45) is 0 Å². The minimum Gasteiger partial charge on any atom is -0.398 e. The summed E-state index contributed by atoms with van der Waals surface area (Å²) in [6, 6.07) is 15.2. The third kappa shape index (κ3) is 3.01. The number of para-hydroxylation sites is 1. The summed E-state index contributed by atoms with van der Waals surface area (Å²) in [4.78, 5) is 0.849. The summed E-state index contributed by atoms with van der Waals surface area (Å²) in [5, 5.41) is 12.5. The van der Waals surface area contributed by atoms with Crippen molar-refractivity contribution in [3.63, 3.8) is 0 Å². The lowest BCUT2D eigenvalue weighted by Gasteiger charge is -2.07. The van der Waals surface area contributed by atoms with Crippen molar-refractivity contribution >= 4 is 29.1 Å². The number of hydrogen-bond acceptors (Lipinski definition) is 5. The summed E-state index contributed by atoms with van der Waals surface area (Å²) >= 11 is 7.69. The number of nitrogen functional groups attached to an aromatic ring is 1. The summed E-state index contributed by atoms with van der Waals surface area (Å²) < 4.78 is 1.71. The molecule has 1 heterocycles. The van der Waals surface area contributed by atoms with Crippen LogP contribution < -0.4 is 5.73 Å². The van der Waals surface area contributed by atoms with E-state index in [1.165, 1.54) is 11.8 Å². The average Bonchev–Trinajstić information content (AvgIpc) is 2.96. The third-order valence-electron chi connectivity index (χ3n) is 2.88. The van der Waals surface area contributed by atoms with Crippen LogP contribution in [0.3, 0.4) is 0 Å². The Labute approximate surface area is 131 Å². The van der Waals surface area contributed by atoms with Crippen LogP contribution in [0.4, 0.5) is 5.69 Å². The molecule has 0 radical (unpaired) electrons. The smallest absolute Gasteiger partial charge is 0.166 e. The van der Waals surface area contributed by atoms with Crippen LogP contribution in [0.25, 0.3) is 5.69 Å². The van der Waals surface area contributed by atoms with Gasteiger partial charge in [0, 0.05) is 10.6 Å². The number of benzene rings is 2. The zero-order valence-corrected chi connectivity index (χ0v) is 12.6. The van der Waals surface area contributed by atoms with Crippen LogP contribution in [-0.2, 0) is 5.75 Å². The lowest BCUT2D eigenvalue weighted by Crippen LogP contribution is -2.02. The van der Waals surface area contributed by atoms with E-state index in [1.54, 1.807) is 4.68 Å². The molecule has 2 N–H and O–H groups in total. The van der Waals surface area contributed by atoms with E-state index in [2.05, 4.69) is 15.5 Å². The maximum absolute atomic E-state index is 6.17. The molecule has 0 bridgehead atoms. The van der Waals surface area contributed by atoms with Gasteiger partial charge in [-0.2, -0.15) is 4.68 Å². The molecule has 106 valence electrons. The van der Waals surface area contributed by atoms with E-state index in [0.29, 0.717) is 16.5 Å². The van der Waals surface area contributed by atoms with Crippen LogP contribution in [0, 0.1) is 0 Å². The van der Waals surface area contributed by atoms with E-state index in [0.717, 1.165) is 16.4 Å². The summed E-state index contributed by atoms with van der Waals surface area (Å²) in [6.07, 6.45) is 0. The second-order valence-corrected chi connectivity index (χ2v) is 5.68. The maximum atomic E-state index is 6.17. The van der Waals surface area contributed by atoms with Crippen LogP contribution >= 0.6 is 23.4 Å². The Morgan fingerprint density at radius 3 is 2.67 bits per heavy atom. The molecule has 0 spiro atoms. The summed E-state index contributed by atoms with van der Waals surface area (Å²) in [6.45, 7) is 0. The monoisotopic (exact) mass is 317 g/mol. The van der Waals surface area contributed by atoms with Gasteiger partial charge in [0.15, 0.2) is 5.82 Å². The molecule has 0 aliphatic heterocycles. The van der Waals surface area contributed by atoms with E-state index < -0.39 is 0 Å². The summed E-state index contributed by atoms with van der Waals surface area (Å²) in [7, 11) is 0. The van der Waals surface area contributed by atoms with Gasteiger partial charge in [-0.05, 0) is 34.7 Å². The lowest BCUT2D eigenvalue weighted by molar-refractivity contribution is 0.777. The minimum absolute atomic E-state index is 0.579. The minimum atomic E-state index is 0.579. The first-order valence-electron chi connectivity index (χ1n) is 6.25. The molecule has 5 nitrogen and oxygen atoms in total. The van der Waals surface area contributed by atoms with Crippen molar-refractivity contribution in [2.75, 3.05) is 5.73 Å². The fraction of sp³-hybridized carbons (Fsp3) is 0.0714. The second-order valence-electron chi connectivity index (χ2n) is 4.29. The zero-order chi connectivity index (χ0) is 14.7. The third-order valence-corrected chi connectivity index (χ3v) is 4.45. The molecule has 3 aromatic rings. The molecule has 0 aliphatic rings. The lowest BCUT2D eigenvalue weighted by atomic mass is 10.3. The van der Waals surface area contributed by atoms with Gasteiger partial charge in [0.05, 0.1) is 16.5 Å². The average molecular weight is 318 g/mol. The van der Waals surface area contributed by atoms with E-state index >= 15 is 0 Å². The Hall–Kier alpha value is -2.05. The van der Waals surface area contributed by atoms with Crippen molar-refractivity contribution in [1.29, 1.82) is 0 Å². The fourth-order valence-corrected chi connectivity index (χ4v) is 3.12. The van der Waals surface area contributed by atoms with Crippen LogP contribution in [0.1, 0.15) is 5.82 Å². The predicted molar refractivity (Wildman–Crippen MR) is 84.6 cm³/mol. The predicted octanol–water partition coefficient (Wildman–Crippen LogP) is 3.19. The molecule has 0 fully saturated rings. The van der Waals surface area contributed by atoms with Gasteiger partial charge in [-0.25, -0.2) is 0 Å². The van der Waals surface area contributed by atoms with E-state index in [4.69, 9.17) is 17.3 Å². The normalized spacial score (nSPS) is 10.7. The fourth-order valence-electron chi connectivity index (χ4n) is 1.88. The first-order valence-corrected chi connectivity index (χ1v) is 7.61. The Morgan fingerprint density at radius 1 is 1.10 bits per heavy atom. The Bertz CT molecular complexity index is 724. The molecule has 1 aromatic heterocycles. The highest BCUT2D eigenvalue weighted by Crippen LogP contribution is 2.34. The molecule has 0 unspecified atom stereocenters. The van der Waals surface area contributed by atoms with Gasteiger partial charge in [0.2, 0.25) is 0 Å². The summed E-state index contributed by atoms with van der Waals surface area (Å²) in [5.41, 5.74) is 7.53. The van der Waals surface area contributed by atoms with Crippen LogP contribution in [0.15, 0.2) is 53.4 Å². The van der Waals surface area contributed by atoms with Gasteiger partial charge in [0.1, 0.15) is 0 Å². The molecule has 7 heteroatoms. The van der Waals surface area contributed by atoms with Gasteiger partial charge in [-0.15, -0.1) is 16.9 Å². The van der Waals surface area contributed by atoms with Crippen molar-refractivity contribution in [1.82, 2.24) is 20.2 Å². The van der Waals surface area contributed by atoms with Crippen LogP contribution in [-0.4, -0.2) is 20.2 Å². The molecule has 0 saturated carbocycles. The molecule has 2 aromatic carbocycles. The van der Waals surface area contributed by atoms with Gasteiger partial charge >= 0.3 is 0 Å². The molecule has 0 aliphatic carbocycles. The van der Waals surface area contributed by atoms with E-state index in [9.17, 15) is 0 Å². The summed E-state index contributed by atoms with van der Waals surface area (Å²) in [5.74, 6) is 1.32. The molecular weight excluding hydrogens is 306 g/mol. The molecule has 0 saturated heterocycles. The number of rotatable bonds is 4. The Balaban J connectivity index is 1.83. The van der Waals surface area contributed by atoms with Gasteiger partial charge < -0.3 is 5.73 Å². The van der Waals surface area contributed by atoms with E-state index in [1.807, 2.05) is 48.5 Å². The standard InChI is InChI=1S/C14H12ClN5S/c15-11-7-4-8-12(16)14(11)21-9-13-17-18-19-20(13)10-5-2-1-3-6-10/h1-8H,9,16H2. The van der Waals surface area contributed by atoms with Gasteiger partial charge in [0.25, 0.3) is 0 Å². The van der Waals surface area contributed by atoms with Gasteiger partial charge in [-0.1, -0.05) is 35.9 Å². The number of hydrogen-bond donors (Lipinski definition) is 1. The number of halogens is 1. The number of nitrogens with two attached hydrogens (primary N) is 1. The maximum Gasteiger partial charge on any atom is 0.166 e. The molecular formula is C14H12ClN5S. The first-order chi connectivity index (χ1) is 10.3. The van der Waals surface area contributed by atoms with E-state index in [-0.39, 0.29) is 0 Å². The highest BCUT2D eigenvalue weighted by Gasteiger charge is 2.11. The topological polar surface area (TPSA) is 69.6 Å². The number of aromatic nitrogens is 4. The second kappa shape index (κ2) is 6.15. The van der Waals surface area contributed by atoms with Gasteiger partial charge in [-0.3, -0.25) is 0 Å². The molecule has 0 amide bonds. The zero-order valence-electron chi connectivity index (χ0n) is 11.0. The number of nitrogens with zero attached hydrogens (tertiary/aromatic N) is 4. The van der Waals surface area contributed by atoms with Crippen LogP contribution in [0.2, 0.25) is 5.02 Å². The number of tetrazole rings is 1. The highest BCUT2D eigenvalue weighted by molar-refractivity contribution is 7.98. The number of anilines is 1.